The van der Waals surface area contributed by atoms with Crippen molar-refractivity contribution in [1.29, 1.82) is 0 Å². The van der Waals surface area contributed by atoms with Crippen LogP contribution in [-0.2, 0) is 0 Å². The van der Waals surface area contributed by atoms with Crippen LogP contribution in [0.5, 0.6) is 0 Å². The van der Waals surface area contributed by atoms with Crippen LogP contribution in [0.25, 0.3) is 0 Å². The zero-order valence-electron chi connectivity index (χ0n) is 7.57. The molecule has 1 nitrogen and oxygen atoms in total. The number of allylic oxidation sites excluding steroid dienone is 3. The normalized spacial score (nSPS) is 23.6. The highest BCUT2D eigenvalue weighted by Crippen LogP contribution is 2.35. The first-order valence-electron chi connectivity index (χ1n) is 4.07. The van der Waals surface area contributed by atoms with Crippen molar-refractivity contribution in [3.63, 3.8) is 0 Å². The Hall–Kier alpha value is -0.930. The summed E-state index contributed by atoms with van der Waals surface area (Å²) in [5, 5.41) is 2.72. The second kappa shape index (κ2) is 3.44. The van der Waals surface area contributed by atoms with Gasteiger partial charge in [0.2, 0.25) is 0 Å². The highest BCUT2D eigenvalue weighted by atomic mass is 19.4. The number of rotatable bonds is 1. The molecule has 0 aromatic heterocycles. The molecular formula is C9H12F3N. The molecule has 0 fully saturated rings. The molecule has 74 valence electrons. The Morgan fingerprint density at radius 2 is 2.08 bits per heavy atom. The highest BCUT2D eigenvalue weighted by molar-refractivity contribution is 5.27. The van der Waals surface area contributed by atoms with Crippen molar-refractivity contribution in [2.24, 2.45) is 5.92 Å². The number of hydrogen-bond acceptors (Lipinski definition) is 1. The van der Waals surface area contributed by atoms with Crippen LogP contribution in [0.3, 0.4) is 0 Å². The summed E-state index contributed by atoms with van der Waals surface area (Å²) < 4.78 is 37.0. The van der Waals surface area contributed by atoms with Crippen molar-refractivity contribution in [3.05, 3.63) is 23.4 Å². The lowest BCUT2D eigenvalue weighted by molar-refractivity contribution is -0.161. The summed E-state index contributed by atoms with van der Waals surface area (Å²) in [6, 6.07) is 0. The summed E-state index contributed by atoms with van der Waals surface area (Å²) in [5.74, 6) is -1.33. The summed E-state index contributed by atoms with van der Waals surface area (Å²) in [7, 11) is 1.62. The maximum Gasteiger partial charge on any atom is 0.395 e. The summed E-state index contributed by atoms with van der Waals surface area (Å²) in [4.78, 5) is 0. The van der Waals surface area contributed by atoms with E-state index >= 15 is 0 Å². The van der Waals surface area contributed by atoms with Crippen LogP contribution in [0.1, 0.15) is 13.3 Å². The molecule has 0 bridgehead atoms. The molecule has 0 heterocycles. The van der Waals surface area contributed by atoms with E-state index in [4.69, 9.17) is 0 Å². The lowest BCUT2D eigenvalue weighted by atomic mass is 9.93. The third kappa shape index (κ3) is 2.50. The maximum atomic E-state index is 12.3. The predicted molar refractivity (Wildman–Crippen MR) is 45.1 cm³/mol. The van der Waals surface area contributed by atoms with Gasteiger partial charge in [0, 0.05) is 12.7 Å². The van der Waals surface area contributed by atoms with Crippen LogP contribution < -0.4 is 5.32 Å². The van der Waals surface area contributed by atoms with E-state index in [0.29, 0.717) is 5.70 Å². The van der Waals surface area contributed by atoms with Crippen LogP contribution in [0.4, 0.5) is 13.2 Å². The average Bonchev–Trinajstić information content (AvgIpc) is 2.01. The monoisotopic (exact) mass is 191 g/mol. The fraction of sp³-hybridized carbons (Fsp3) is 0.556. The lowest BCUT2D eigenvalue weighted by Crippen LogP contribution is -2.25. The third-order valence-corrected chi connectivity index (χ3v) is 2.03. The Balaban J connectivity index is 2.84. The SMILES string of the molecule is CNC1=CC(C(F)(F)F)CC(C)=C1. The van der Waals surface area contributed by atoms with Gasteiger partial charge in [0.15, 0.2) is 0 Å². The van der Waals surface area contributed by atoms with Crippen molar-refractivity contribution in [2.75, 3.05) is 7.05 Å². The topological polar surface area (TPSA) is 12.0 Å². The van der Waals surface area contributed by atoms with Crippen molar-refractivity contribution in [2.45, 2.75) is 19.5 Å². The molecule has 13 heavy (non-hydrogen) atoms. The van der Waals surface area contributed by atoms with Gasteiger partial charge in [0.25, 0.3) is 0 Å². The van der Waals surface area contributed by atoms with Crippen LogP contribution in [0.15, 0.2) is 23.4 Å². The second-order valence-electron chi connectivity index (χ2n) is 3.21. The molecule has 0 amide bonds. The van der Waals surface area contributed by atoms with Gasteiger partial charge in [-0.05, 0) is 25.5 Å². The molecule has 0 saturated carbocycles. The van der Waals surface area contributed by atoms with E-state index in [1.807, 2.05) is 0 Å². The van der Waals surface area contributed by atoms with Gasteiger partial charge in [-0.3, -0.25) is 0 Å². The Morgan fingerprint density at radius 1 is 1.46 bits per heavy atom. The minimum atomic E-state index is -4.13. The molecule has 0 aromatic rings. The summed E-state index contributed by atoms with van der Waals surface area (Å²) in [6.07, 6.45) is -1.08. The van der Waals surface area contributed by atoms with Gasteiger partial charge in [0.05, 0.1) is 5.92 Å². The van der Waals surface area contributed by atoms with Crippen molar-refractivity contribution in [1.82, 2.24) is 5.32 Å². The summed E-state index contributed by atoms with van der Waals surface area (Å²) in [6.45, 7) is 1.71. The van der Waals surface area contributed by atoms with E-state index in [1.54, 1.807) is 20.0 Å². The van der Waals surface area contributed by atoms with E-state index in [0.717, 1.165) is 5.57 Å². The minimum absolute atomic E-state index is 0.0781. The summed E-state index contributed by atoms with van der Waals surface area (Å²) in [5.41, 5.74) is 1.31. The molecule has 1 rings (SSSR count). The third-order valence-electron chi connectivity index (χ3n) is 2.03. The van der Waals surface area contributed by atoms with Crippen LogP contribution in [0, 0.1) is 5.92 Å². The van der Waals surface area contributed by atoms with Gasteiger partial charge in [0.1, 0.15) is 0 Å². The average molecular weight is 191 g/mol. The molecule has 0 aliphatic heterocycles. The van der Waals surface area contributed by atoms with E-state index in [9.17, 15) is 13.2 Å². The van der Waals surface area contributed by atoms with Gasteiger partial charge in [-0.1, -0.05) is 5.57 Å². The van der Waals surface area contributed by atoms with Gasteiger partial charge in [-0.15, -0.1) is 0 Å². The number of halogens is 3. The number of hydrogen-bond donors (Lipinski definition) is 1. The lowest BCUT2D eigenvalue weighted by Gasteiger charge is -2.22. The molecule has 1 unspecified atom stereocenters. The second-order valence-corrected chi connectivity index (χ2v) is 3.21. The molecule has 0 saturated heterocycles. The highest BCUT2D eigenvalue weighted by Gasteiger charge is 2.39. The first-order chi connectivity index (χ1) is 5.93. The zero-order chi connectivity index (χ0) is 10.1. The van der Waals surface area contributed by atoms with Crippen molar-refractivity contribution >= 4 is 0 Å². The molecule has 1 N–H and O–H groups in total. The maximum absolute atomic E-state index is 12.3. The molecule has 1 aliphatic rings. The Kier molecular flexibility index (Phi) is 2.68. The standard InChI is InChI=1S/C9H12F3N/c1-6-3-7(9(10,11)12)5-8(4-6)13-2/h4-5,7,13H,3H2,1-2H3. The van der Waals surface area contributed by atoms with Crippen molar-refractivity contribution in [3.8, 4) is 0 Å². The van der Waals surface area contributed by atoms with E-state index in [2.05, 4.69) is 5.32 Å². The Morgan fingerprint density at radius 3 is 2.54 bits per heavy atom. The van der Waals surface area contributed by atoms with Gasteiger partial charge in [-0.25, -0.2) is 0 Å². The first kappa shape index (κ1) is 10.2. The van der Waals surface area contributed by atoms with E-state index in [1.165, 1.54) is 6.08 Å². The van der Waals surface area contributed by atoms with Gasteiger partial charge < -0.3 is 5.32 Å². The number of alkyl halides is 3. The van der Waals surface area contributed by atoms with E-state index in [-0.39, 0.29) is 6.42 Å². The predicted octanol–water partition coefficient (Wildman–Crippen LogP) is 2.62. The summed E-state index contributed by atoms with van der Waals surface area (Å²) >= 11 is 0. The number of likely N-dealkylation sites (N-methyl/N-ethyl adjacent to an activating group) is 1. The molecule has 0 aromatic carbocycles. The molecular weight excluding hydrogens is 179 g/mol. The first-order valence-corrected chi connectivity index (χ1v) is 4.07. The smallest absolute Gasteiger partial charge is 0.388 e. The van der Waals surface area contributed by atoms with Crippen molar-refractivity contribution < 1.29 is 13.2 Å². The Bertz CT molecular complexity index is 250. The molecule has 0 spiro atoms. The van der Waals surface area contributed by atoms with Gasteiger partial charge in [-0.2, -0.15) is 13.2 Å². The molecule has 0 radical (unpaired) electrons. The number of nitrogens with one attached hydrogen (secondary N) is 1. The Labute approximate surface area is 75.3 Å². The van der Waals surface area contributed by atoms with Crippen LogP contribution in [-0.4, -0.2) is 13.2 Å². The largest absolute Gasteiger partial charge is 0.395 e. The van der Waals surface area contributed by atoms with Crippen LogP contribution in [0.2, 0.25) is 0 Å². The van der Waals surface area contributed by atoms with Crippen LogP contribution >= 0.6 is 0 Å². The zero-order valence-corrected chi connectivity index (χ0v) is 7.57. The fourth-order valence-electron chi connectivity index (χ4n) is 1.36. The quantitative estimate of drug-likeness (QED) is 0.671. The van der Waals surface area contributed by atoms with Gasteiger partial charge >= 0.3 is 6.18 Å². The minimum Gasteiger partial charge on any atom is -0.388 e. The molecule has 4 heteroatoms. The van der Waals surface area contributed by atoms with E-state index < -0.39 is 12.1 Å². The molecule has 1 aliphatic carbocycles. The molecule has 1 atom stereocenters. The fourth-order valence-corrected chi connectivity index (χ4v) is 1.36.